The Morgan fingerprint density at radius 3 is 2.71 bits per heavy atom. The van der Waals surface area contributed by atoms with Crippen molar-refractivity contribution >= 4 is 15.9 Å². The van der Waals surface area contributed by atoms with Gasteiger partial charge in [-0.2, -0.15) is 0 Å². The van der Waals surface area contributed by atoms with E-state index in [4.69, 9.17) is 5.73 Å². The van der Waals surface area contributed by atoms with Crippen molar-refractivity contribution in [1.82, 2.24) is 4.90 Å². The van der Waals surface area contributed by atoms with E-state index in [0.717, 1.165) is 13.1 Å². The molecule has 0 radical (unpaired) electrons. The van der Waals surface area contributed by atoms with Gasteiger partial charge in [-0.1, -0.05) is 34.1 Å². The summed E-state index contributed by atoms with van der Waals surface area (Å²) in [4.78, 5) is 2.57. The molecule has 2 N–H and O–H groups in total. The van der Waals surface area contributed by atoms with Gasteiger partial charge in [-0.25, -0.2) is 0 Å². The highest BCUT2D eigenvalue weighted by atomic mass is 79.9. The van der Waals surface area contributed by atoms with Crippen molar-refractivity contribution in [2.45, 2.75) is 32.4 Å². The van der Waals surface area contributed by atoms with Gasteiger partial charge < -0.3 is 5.73 Å². The van der Waals surface area contributed by atoms with Crippen LogP contribution in [0.3, 0.4) is 0 Å². The van der Waals surface area contributed by atoms with E-state index < -0.39 is 0 Å². The van der Waals surface area contributed by atoms with Crippen LogP contribution in [0.5, 0.6) is 0 Å². The molecule has 0 spiro atoms. The maximum atomic E-state index is 5.93. The molecule has 3 heteroatoms. The molecule has 0 aliphatic carbocycles. The highest BCUT2D eigenvalue weighted by molar-refractivity contribution is 9.10. The molecule has 2 atom stereocenters. The maximum Gasteiger partial charge on any atom is 0.0402 e. The lowest BCUT2D eigenvalue weighted by atomic mass is 9.93. The molecule has 1 heterocycles. The van der Waals surface area contributed by atoms with Crippen molar-refractivity contribution in [3.63, 3.8) is 0 Å². The number of benzene rings is 1. The summed E-state index contributed by atoms with van der Waals surface area (Å²) in [5.74, 6) is 0.580. The van der Waals surface area contributed by atoms with Crippen LogP contribution in [0.25, 0.3) is 0 Å². The van der Waals surface area contributed by atoms with Crippen LogP contribution in [-0.4, -0.2) is 24.0 Å². The third-order valence-electron chi connectivity index (χ3n) is 3.75. The van der Waals surface area contributed by atoms with E-state index in [1.54, 1.807) is 0 Å². The first-order valence-corrected chi connectivity index (χ1v) is 7.14. The minimum Gasteiger partial charge on any atom is -0.330 e. The normalized spacial score (nSPS) is 25.7. The van der Waals surface area contributed by atoms with Gasteiger partial charge in [0.25, 0.3) is 0 Å². The van der Waals surface area contributed by atoms with Gasteiger partial charge in [0.15, 0.2) is 0 Å². The van der Waals surface area contributed by atoms with Crippen molar-refractivity contribution in [1.29, 1.82) is 0 Å². The molecule has 1 saturated heterocycles. The Morgan fingerprint density at radius 2 is 2.12 bits per heavy atom. The molecule has 0 saturated carbocycles. The molecule has 1 aromatic rings. The second kappa shape index (κ2) is 5.51. The number of nitrogens with zero attached hydrogens (tertiary/aromatic N) is 1. The van der Waals surface area contributed by atoms with Crippen LogP contribution >= 0.6 is 15.9 Å². The highest BCUT2D eigenvalue weighted by Crippen LogP contribution is 2.40. The number of rotatable bonds is 3. The summed E-state index contributed by atoms with van der Waals surface area (Å²) in [5.41, 5.74) is 7.32. The number of nitrogens with two attached hydrogens (primary N) is 1. The summed E-state index contributed by atoms with van der Waals surface area (Å²) < 4.78 is 1.20. The van der Waals surface area contributed by atoms with E-state index >= 15 is 0 Å². The fourth-order valence-electron chi connectivity index (χ4n) is 2.86. The van der Waals surface area contributed by atoms with Crippen LogP contribution in [-0.2, 0) is 0 Å². The SMILES string of the molecule is CC(C)N1CCC(CN)C1c1ccccc1Br. The molecule has 1 aromatic carbocycles. The first-order chi connectivity index (χ1) is 8.15. The molecule has 1 aliphatic heterocycles. The van der Waals surface area contributed by atoms with Crippen LogP contribution in [0, 0.1) is 5.92 Å². The molecule has 17 heavy (non-hydrogen) atoms. The third kappa shape index (κ3) is 2.56. The van der Waals surface area contributed by atoms with E-state index in [1.807, 2.05) is 0 Å². The summed E-state index contributed by atoms with van der Waals surface area (Å²) in [5, 5.41) is 0. The van der Waals surface area contributed by atoms with E-state index in [9.17, 15) is 0 Å². The summed E-state index contributed by atoms with van der Waals surface area (Å²) in [7, 11) is 0. The Bertz CT molecular complexity index is 378. The summed E-state index contributed by atoms with van der Waals surface area (Å²) in [6.45, 7) is 6.46. The zero-order chi connectivity index (χ0) is 12.4. The minimum absolute atomic E-state index is 0.468. The van der Waals surface area contributed by atoms with E-state index in [1.165, 1.54) is 16.5 Å². The minimum atomic E-state index is 0.468. The standard InChI is InChI=1S/C14H21BrN2/c1-10(2)17-8-7-11(9-16)14(17)12-5-3-4-6-13(12)15/h3-6,10-11,14H,7-9,16H2,1-2H3. The number of hydrogen-bond donors (Lipinski definition) is 1. The van der Waals surface area contributed by atoms with Crippen LogP contribution in [0.2, 0.25) is 0 Å². The largest absolute Gasteiger partial charge is 0.330 e. The zero-order valence-corrected chi connectivity index (χ0v) is 12.2. The molecule has 1 fully saturated rings. The van der Waals surface area contributed by atoms with Crippen molar-refractivity contribution < 1.29 is 0 Å². The van der Waals surface area contributed by atoms with Crippen molar-refractivity contribution in [3.05, 3.63) is 34.3 Å². The lowest BCUT2D eigenvalue weighted by molar-refractivity contribution is 0.184. The van der Waals surface area contributed by atoms with Gasteiger partial charge in [0, 0.05) is 16.6 Å². The van der Waals surface area contributed by atoms with E-state index in [-0.39, 0.29) is 0 Å². The van der Waals surface area contributed by atoms with Crippen LogP contribution in [0.1, 0.15) is 31.9 Å². The van der Waals surface area contributed by atoms with Gasteiger partial charge in [0.05, 0.1) is 0 Å². The predicted octanol–water partition coefficient (Wildman–Crippen LogP) is 3.18. The van der Waals surface area contributed by atoms with Gasteiger partial charge in [-0.3, -0.25) is 4.90 Å². The van der Waals surface area contributed by atoms with Crippen molar-refractivity contribution in [2.24, 2.45) is 11.7 Å². The Hall–Kier alpha value is -0.380. The second-order valence-corrected chi connectivity index (χ2v) is 5.94. The monoisotopic (exact) mass is 296 g/mol. The van der Waals surface area contributed by atoms with E-state index in [0.29, 0.717) is 18.0 Å². The Labute approximate surface area is 112 Å². The number of hydrogen-bond acceptors (Lipinski definition) is 2. The average molecular weight is 297 g/mol. The molecule has 0 amide bonds. The summed E-state index contributed by atoms with van der Waals surface area (Å²) in [6, 6.07) is 9.57. The molecule has 94 valence electrons. The van der Waals surface area contributed by atoms with E-state index in [2.05, 4.69) is 58.9 Å². The van der Waals surface area contributed by atoms with Gasteiger partial charge >= 0.3 is 0 Å². The molecule has 0 bridgehead atoms. The molecule has 2 unspecified atom stereocenters. The Morgan fingerprint density at radius 1 is 1.41 bits per heavy atom. The lowest BCUT2D eigenvalue weighted by Gasteiger charge is -2.32. The second-order valence-electron chi connectivity index (χ2n) is 5.08. The topological polar surface area (TPSA) is 29.3 Å². The molecule has 2 nitrogen and oxygen atoms in total. The first-order valence-electron chi connectivity index (χ1n) is 6.35. The number of halogens is 1. The van der Waals surface area contributed by atoms with Gasteiger partial charge in [-0.15, -0.1) is 0 Å². The molecule has 0 aromatic heterocycles. The van der Waals surface area contributed by atoms with Gasteiger partial charge in [0.2, 0.25) is 0 Å². The summed E-state index contributed by atoms with van der Waals surface area (Å²) >= 11 is 3.67. The molecular weight excluding hydrogens is 276 g/mol. The first kappa shape index (κ1) is 13.1. The third-order valence-corrected chi connectivity index (χ3v) is 4.47. The quantitative estimate of drug-likeness (QED) is 0.928. The predicted molar refractivity (Wildman–Crippen MR) is 75.9 cm³/mol. The summed E-state index contributed by atoms with van der Waals surface area (Å²) in [6.07, 6.45) is 1.21. The highest BCUT2D eigenvalue weighted by Gasteiger charge is 2.36. The fraction of sp³-hybridized carbons (Fsp3) is 0.571. The van der Waals surface area contributed by atoms with Crippen LogP contribution < -0.4 is 5.73 Å². The van der Waals surface area contributed by atoms with Crippen LogP contribution in [0.15, 0.2) is 28.7 Å². The van der Waals surface area contributed by atoms with Gasteiger partial charge in [0.1, 0.15) is 0 Å². The smallest absolute Gasteiger partial charge is 0.0402 e. The maximum absolute atomic E-state index is 5.93. The number of likely N-dealkylation sites (tertiary alicyclic amines) is 1. The van der Waals surface area contributed by atoms with Crippen molar-refractivity contribution in [3.8, 4) is 0 Å². The van der Waals surface area contributed by atoms with Crippen LogP contribution in [0.4, 0.5) is 0 Å². The molecular formula is C14H21BrN2. The Kier molecular flexibility index (Phi) is 4.23. The average Bonchev–Trinajstić information content (AvgIpc) is 2.73. The zero-order valence-electron chi connectivity index (χ0n) is 10.6. The van der Waals surface area contributed by atoms with Gasteiger partial charge in [-0.05, 0) is 50.9 Å². The Balaban J connectivity index is 2.35. The fourth-order valence-corrected chi connectivity index (χ4v) is 3.38. The lowest BCUT2D eigenvalue weighted by Crippen LogP contribution is -2.33. The molecule has 1 aliphatic rings. The molecule has 2 rings (SSSR count). The van der Waals surface area contributed by atoms with Crippen molar-refractivity contribution in [2.75, 3.05) is 13.1 Å².